The lowest BCUT2D eigenvalue weighted by Gasteiger charge is -2.29. The van der Waals surface area contributed by atoms with E-state index in [0.717, 1.165) is 16.7 Å². The Morgan fingerprint density at radius 2 is 1.84 bits per heavy atom. The summed E-state index contributed by atoms with van der Waals surface area (Å²) in [7, 11) is 2.93. The number of nitrogen functional groups attached to an aromatic ring is 2. The largest absolute Gasteiger partial charge is 0.493 e. The Kier molecular flexibility index (Phi) is 7.52. The number of benzene rings is 2. The molecule has 0 saturated heterocycles. The number of methoxy groups -OCH3 is 2. The van der Waals surface area contributed by atoms with E-state index in [-0.39, 0.29) is 34.8 Å². The fourth-order valence-corrected chi connectivity index (χ4v) is 4.12. The molecule has 1 atom stereocenters. The van der Waals surface area contributed by atoms with E-state index in [0.29, 0.717) is 17.1 Å². The zero-order valence-electron chi connectivity index (χ0n) is 21.5. The highest BCUT2D eigenvalue weighted by atomic mass is 16.5. The summed E-state index contributed by atoms with van der Waals surface area (Å²) in [5.74, 6) is -0.228. The Morgan fingerprint density at radius 1 is 1.08 bits per heavy atom. The normalized spacial score (nSPS) is 14.2. The van der Waals surface area contributed by atoms with E-state index in [2.05, 4.69) is 15.1 Å². The van der Waals surface area contributed by atoms with Crippen molar-refractivity contribution in [1.82, 2.24) is 15.0 Å². The fraction of sp³-hybridized carbons (Fsp3) is 0.179. The molecule has 194 valence electrons. The third kappa shape index (κ3) is 5.24. The SMILES string of the molecule is COc1cc(C(=O)c2cnc(N)nc2N)cc(/C=C/C(=O)N2N=Cc3ccccc3C2C=C(C)C)c1OC. The zero-order valence-corrected chi connectivity index (χ0v) is 21.5. The summed E-state index contributed by atoms with van der Waals surface area (Å²) in [6.45, 7) is 3.94. The number of allylic oxidation sites excluding steroid dienone is 1. The highest BCUT2D eigenvalue weighted by Crippen LogP contribution is 2.35. The van der Waals surface area contributed by atoms with E-state index < -0.39 is 5.78 Å². The van der Waals surface area contributed by atoms with Crippen LogP contribution in [-0.2, 0) is 4.79 Å². The van der Waals surface area contributed by atoms with Crippen LogP contribution in [0, 0.1) is 0 Å². The molecule has 2 heterocycles. The van der Waals surface area contributed by atoms with Crippen LogP contribution >= 0.6 is 0 Å². The van der Waals surface area contributed by atoms with Crippen LogP contribution in [0.3, 0.4) is 0 Å². The van der Waals surface area contributed by atoms with Crippen molar-refractivity contribution in [3.63, 3.8) is 0 Å². The Hall–Kier alpha value is -4.99. The minimum absolute atomic E-state index is 0.0390. The highest BCUT2D eigenvalue weighted by Gasteiger charge is 2.27. The lowest BCUT2D eigenvalue weighted by atomic mass is 9.97. The molecule has 0 bridgehead atoms. The van der Waals surface area contributed by atoms with Gasteiger partial charge >= 0.3 is 0 Å². The average Bonchev–Trinajstić information content (AvgIpc) is 2.90. The first kappa shape index (κ1) is 26.1. The summed E-state index contributed by atoms with van der Waals surface area (Å²) in [4.78, 5) is 34.3. The average molecular weight is 513 g/mol. The topological polar surface area (TPSA) is 146 Å². The van der Waals surface area contributed by atoms with Gasteiger partial charge in [-0.1, -0.05) is 35.9 Å². The quantitative estimate of drug-likeness (QED) is 0.276. The van der Waals surface area contributed by atoms with Gasteiger partial charge in [-0.3, -0.25) is 9.59 Å². The van der Waals surface area contributed by atoms with Gasteiger partial charge in [0.05, 0.1) is 32.0 Å². The van der Waals surface area contributed by atoms with Crippen molar-refractivity contribution >= 4 is 35.7 Å². The number of hydrogen-bond donors (Lipinski definition) is 2. The molecular formula is C28H28N6O4. The molecule has 1 aliphatic heterocycles. The van der Waals surface area contributed by atoms with Crippen molar-refractivity contribution in [1.29, 1.82) is 0 Å². The van der Waals surface area contributed by atoms with Crippen LogP contribution in [0.25, 0.3) is 6.08 Å². The molecule has 0 saturated carbocycles. The maximum Gasteiger partial charge on any atom is 0.267 e. The second kappa shape index (κ2) is 11.0. The van der Waals surface area contributed by atoms with E-state index in [1.165, 1.54) is 37.6 Å². The number of fused-ring (bicyclic) bond motifs is 1. The van der Waals surface area contributed by atoms with Crippen molar-refractivity contribution in [2.45, 2.75) is 19.9 Å². The van der Waals surface area contributed by atoms with Crippen molar-refractivity contribution in [3.8, 4) is 11.5 Å². The molecule has 2 aromatic carbocycles. The standard InChI is InChI=1S/C28H28N6O4/c1-16(2)11-22-20-8-6-5-7-18(20)14-32-34(22)24(35)10-9-17-12-19(13-23(37-3)26(17)38-4)25(36)21-15-31-28(30)33-27(21)29/h5-15,22H,1-4H3,(H4,29,30,31,33)/b10-9+. The minimum Gasteiger partial charge on any atom is -0.493 e. The second-order valence-electron chi connectivity index (χ2n) is 8.74. The van der Waals surface area contributed by atoms with Gasteiger partial charge in [0.25, 0.3) is 5.91 Å². The number of nitrogens with zero attached hydrogens (tertiary/aromatic N) is 4. The summed E-state index contributed by atoms with van der Waals surface area (Å²) in [5, 5.41) is 5.82. The van der Waals surface area contributed by atoms with E-state index in [1.54, 1.807) is 18.4 Å². The number of anilines is 2. The van der Waals surface area contributed by atoms with E-state index >= 15 is 0 Å². The second-order valence-corrected chi connectivity index (χ2v) is 8.74. The molecule has 10 nitrogen and oxygen atoms in total. The molecule has 0 aliphatic carbocycles. The number of carbonyl (C=O) groups is 2. The van der Waals surface area contributed by atoms with Gasteiger partial charge in [0.2, 0.25) is 5.95 Å². The maximum absolute atomic E-state index is 13.4. The summed E-state index contributed by atoms with van der Waals surface area (Å²) >= 11 is 0. The molecule has 0 radical (unpaired) electrons. The van der Waals surface area contributed by atoms with Crippen molar-refractivity contribution < 1.29 is 19.1 Å². The van der Waals surface area contributed by atoms with Crippen molar-refractivity contribution in [2.75, 3.05) is 25.7 Å². The van der Waals surface area contributed by atoms with Gasteiger partial charge in [-0.25, -0.2) is 9.99 Å². The number of hydrazone groups is 1. The minimum atomic E-state index is -0.440. The number of amides is 1. The Labute approximate surface area is 220 Å². The Bertz CT molecular complexity index is 1490. The van der Waals surface area contributed by atoms with Crippen LogP contribution in [0.4, 0.5) is 11.8 Å². The first-order valence-corrected chi connectivity index (χ1v) is 11.7. The predicted molar refractivity (Wildman–Crippen MR) is 146 cm³/mol. The molecule has 3 aromatic rings. The lowest BCUT2D eigenvalue weighted by Crippen LogP contribution is -2.31. The number of ether oxygens (including phenoxy) is 2. The number of ketones is 1. The molecule has 0 spiro atoms. The Morgan fingerprint density at radius 3 is 2.53 bits per heavy atom. The molecule has 1 aromatic heterocycles. The van der Waals surface area contributed by atoms with Gasteiger partial charge < -0.3 is 20.9 Å². The molecular weight excluding hydrogens is 484 g/mol. The fourth-order valence-electron chi connectivity index (χ4n) is 4.12. The van der Waals surface area contributed by atoms with Gasteiger partial charge in [0, 0.05) is 29.0 Å². The summed E-state index contributed by atoms with van der Waals surface area (Å²) in [5.41, 5.74) is 15.2. The highest BCUT2D eigenvalue weighted by molar-refractivity contribution is 6.12. The van der Waals surface area contributed by atoms with Crippen LogP contribution in [0.2, 0.25) is 0 Å². The summed E-state index contributed by atoms with van der Waals surface area (Å²) in [6, 6.07) is 10.5. The number of aromatic nitrogens is 2. The maximum atomic E-state index is 13.4. The van der Waals surface area contributed by atoms with Gasteiger partial charge in [0.1, 0.15) is 5.82 Å². The van der Waals surface area contributed by atoms with Crippen molar-refractivity contribution in [2.24, 2.45) is 5.10 Å². The number of carbonyl (C=O) groups excluding carboxylic acids is 2. The summed E-state index contributed by atoms with van der Waals surface area (Å²) in [6.07, 6.45) is 7.86. The van der Waals surface area contributed by atoms with Gasteiger partial charge in [-0.2, -0.15) is 10.1 Å². The molecule has 4 rings (SSSR count). The third-order valence-electron chi connectivity index (χ3n) is 5.87. The first-order valence-electron chi connectivity index (χ1n) is 11.7. The van der Waals surface area contributed by atoms with Gasteiger partial charge in [-0.15, -0.1) is 0 Å². The van der Waals surface area contributed by atoms with Gasteiger partial charge in [0.15, 0.2) is 17.3 Å². The molecule has 1 aliphatic rings. The molecule has 0 fully saturated rings. The smallest absolute Gasteiger partial charge is 0.267 e. The summed E-state index contributed by atoms with van der Waals surface area (Å²) < 4.78 is 11.0. The van der Waals surface area contributed by atoms with Crippen LogP contribution in [-0.4, -0.2) is 47.1 Å². The lowest BCUT2D eigenvalue weighted by molar-refractivity contribution is -0.127. The van der Waals surface area contributed by atoms with Crippen LogP contribution in [0.15, 0.2) is 65.4 Å². The molecule has 1 unspecified atom stereocenters. The van der Waals surface area contributed by atoms with Crippen LogP contribution in [0.1, 0.15) is 52.5 Å². The number of hydrogen-bond acceptors (Lipinski definition) is 9. The molecule has 4 N–H and O–H groups in total. The van der Waals surface area contributed by atoms with Crippen LogP contribution < -0.4 is 20.9 Å². The number of rotatable bonds is 7. The first-order chi connectivity index (χ1) is 18.2. The van der Waals surface area contributed by atoms with E-state index in [1.807, 2.05) is 44.2 Å². The van der Waals surface area contributed by atoms with Crippen LogP contribution in [0.5, 0.6) is 11.5 Å². The molecule has 10 heteroatoms. The predicted octanol–water partition coefficient (Wildman–Crippen LogP) is 3.79. The molecule has 38 heavy (non-hydrogen) atoms. The van der Waals surface area contributed by atoms with E-state index in [9.17, 15) is 9.59 Å². The number of nitrogens with two attached hydrogens (primary N) is 2. The zero-order chi connectivity index (χ0) is 27.4. The van der Waals surface area contributed by atoms with E-state index in [4.69, 9.17) is 20.9 Å². The Balaban J connectivity index is 1.71. The van der Waals surface area contributed by atoms with Gasteiger partial charge in [-0.05, 0) is 37.6 Å². The molecule has 1 amide bonds. The van der Waals surface area contributed by atoms with Crippen molar-refractivity contribution in [3.05, 3.63) is 88.1 Å². The third-order valence-corrected chi connectivity index (χ3v) is 5.87. The monoisotopic (exact) mass is 512 g/mol.